The average Bonchev–Trinajstić information content (AvgIpc) is 3.53. The van der Waals surface area contributed by atoms with Crippen molar-refractivity contribution in [3.63, 3.8) is 0 Å². The molecule has 4 heterocycles. The van der Waals surface area contributed by atoms with Gasteiger partial charge in [-0.15, -0.1) is 0 Å². The van der Waals surface area contributed by atoms with Gasteiger partial charge in [-0.1, -0.05) is 23.4 Å². The molecule has 5 rings (SSSR count). The molecule has 1 unspecified atom stereocenters. The molecule has 8 heteroatoms. The third kappa shape index (κ3) is 4.50. The fraction of sp³-hybridized carbons (Fsp3) is 0.391. The quantitative estimate of drug-likeness (QED) is 0.628. The van der Waals surface area contributed by atoms with Crippen LogP contribution in [0.4, 0.5) is 0 Å². The van der Waals surface area contributed by atoms with Crippen LogP contribution in [0.15, 0.2) is 53.3 Å². The number of piperazine rings is 1. The summed E-state index contributed by atoms with van der Waals surface area (Å²) in [6, 6.07) is 12.0. The summed E-state index contributed by atoms with van der Waals surface area (Å²) in [6.07, 6.45) is 4.27. The molecule has 8 nitrogen and oxygen atoms in total. The van der Waals surface area contributed by atoms with Crippen molar-refractivity contribution in [3.8, 4) is 22.8 Å². The minimum atomic E-state index is 0.0507. The Kier molecular flexibility index (Phi) is 5.73. The third-order valence-corrected chi connectivity index (χ3v) is 5.89. The Labute approximate surface area is 180 Å². The van der Waals surface area contributed by atoms with Crippen LogP contribution in [0.3, 0.4) is 0 Å². The fourth-order valence-electron chi connectivity index (χ4n) is 4.13. The number of benzene rings is 1. The molecule has 0 spiro atoms. The normalized spacial score (nSPS) is 19.6. The molecule has 0 radical (unpaired) electrons. The van der Waals surface area contributed by atoms with Gasteiger partial charge in [-0.2, -0.15) is 4.98 Å². The van der Waals surface area contributed by atoms with Crippen molar-refractivity contribution in [1.29, 1.82) is 0 Å². The van der Waals surface area contributed by atoms with Crippen LogP contribution < -0.4 is 0 Å². The lowest BCUT2D eigenvalue weighted by atomic mass is 10.1. The monoisotopic (exact) mass is 419 g/mol. The summed E-state index contributed by atoms with van der Waals surface area (Å²) < 4.78 is 10.8. The Balaban J connectivity index is 1.21. The van der Waals surface area contributed by atoms with Gasteiger partial charge in [0.05, 0.1) is 18.1 Å². The number of amides is 1. The first-order valence-electron chi connectivity index (χ1n) is 10.7. The second-order valence-corrected chi connectivity index (χ2v) is 8.03. The number of ether oxygens (including phenoxy) is 1. The van der Waals surface area contributed by atoms with E-state index in [1.807, 2.05) is 29.2 Å². The molecule has 1 amide bonds. The molecule has 0 saturated carbocycles. The van der Waals surface area contributed by atoms with E-state index in [1.165, 1.54) is 5.56 Å². The van der Waals surface area contributed by atoms with Crippen molar-refractivity contribution >= 4 is 5.91 Å². The van der Waals surface area contributed by atoms with E-state index < -0.39 is 0 Å². The molecule has 0 aliphatic carbocycles. The SMILES string of the molecule is O=C(C1CCOC1)N1CCN(Cc2cccc(-c3noc(-c4cccnc4)n3)c2)CC1. The number of pyridine rings is 1. The van der Waals surface area contributed by atoms with Crippen molar-refractivity contribution in [2.45, 2.75) is 13.0 Å². The molecular formula is C23H25N5O3. The van der Waals surface area contributed by atoms with E-state index >= 15 is 0 Å². The second-order valence-electron chi connectivity index (χ2n) is 8.03. The zero-order valence-electron chi connectivity index (χ0n) is 17.3. The Bertz CT molecular complexity index is 1020. The summed E-state index contributed by atoms with van der Waals surface area (Å²) in [5, 5.41) is 4.14. The summed E-state index contributed by atoms with van der Waals surface area (Å²) in [6.45, 7) is 5.40. The topological polar surface area (TPSA) is 84.6 Å². The predicted molar refractivity (Wildman–Crippen MR) is 114 cm³/mol. The zero-order chi connectivity index (χ0) is 21.0. The molecule has 2 fully saturated rings. The van der Waals surface area contributed by atoms with E-state index in [-0.39, 0.29) is 11.8 Å². The highest BCUT2D eigenvalue weighted by Crippen LogP contribution is 2.23. The van der Waals surface area contributed by atoms with Gasteiger partial charge in [0.15, 0.2) is 0 Å². The summed E-state index contributed by atoms with van der Waals surface area (Å²) >= 11 is 0. The summed E-state index contributed by atoms with van der Waals surface area (Å²) in [7, 11) is 0. The Morgan fingerprint density at radius 3 is 2.74 bits per heavy atom. The van der Waals surface area contributed by atoms with Crippen molar-refractivity contribution in [1.82, 2.24) is 24.9 Å². The lowest BCUT2D eigenvalue weighted by Gasteiger charge is -2.35. The maximum atomic E-state index is 12.6. The molecule has 1 aromatic carbocycles. The van der Waals surface area contributed by atoms with Crippen molar-refractivity contribution in [2.24, 2.45) is 5.92 Å². The number of carbonyl (C=O) groups excluding carboxylic acids is 1. The van der Waals surface area contributed by atoms with Crippen molar-refractivity contribution < 1.29 is 14.1 Å². The van der Waals surface area contributed by atoms with Gasteiger partial charge in [0.1, 0.15) is 0 Å². The van der Waals surface area contributed by atoms with E-state index in [1.54, 1.807) is 12.4 Å². The lowest BCUT2D eigenvalue weighted by molar-refractivity contribution is -0.137. The zero-order valence-corrected chi connectivity index (χ0v) is 17.3. The van der Waals surface area contributed by atoms with Gasteiger partial charge in [-0.25, -0.2) is 0 Å². The minimum absolute atomic E-state index is 0.0507. The largest absolute Gasteiger partial charge is 0.381 e. The van der Waals surface area contributed by atoms with Gasteiger partial charge in [0, 0.05) is 57.3 Å². The van der Waals surface area contributed by atoms with Gasteiger partial charge in [-0.3, -0.25) is 14.7 Å². The van der Waals surface area contributed by atoms with E-state index in [9.17, 15) is 4.79 Å². The maximum Gasteiger partial charge on any atom is 0.259 e. The molecule has 2 saturated heterocycles. The first-order valence-corrected chi connectivity index (χ1v) is 10.7. The number of nitrogens with zero attached hydrogens (tertiary/aromatic N) is 5. The highest BCUT2D eigenvalue weighted by atomic mass is 16.5. The number of hydrogen-bond acceptors (Lipinski definition) is 7. The van der Waals surface area contributed by atoms with E-state index in [4.69, 9.17) is 9.26 Å². The van der Waals surface area contributed by atoms with E-state index in [2.05, 4.69) is 32.2 Å². The molecule has 3 aromatic rings. The first kappa shape index (κ1) is 19.8. The second kappa shape index (κ2) is 8.95. The molecular weight excluding hydrogens is 394 g/mol. The number of carbonyl (C=O) groups is 1. The Morgan fingerprint density at radius 2 is 1.97 bits per heavy atom. The van der Waals surface area contributed by atoms with Crippen LogP contribution in [-0.2, 0) is 16.1 Å². The van der Waals surface area contributed by atoms with Gasteiger partial charge in [-0.05, 0) is 30.2 Å². The van der Waals surface area contributed by atoms with Gasteiger partial charge in [0.25, 0.3) is 5.89 Å². The van der Waals surface area contributed by atoms with Crippen LogP contribution in [0.25, 0.3) is 22.8 Å². The summed E-state index contributed by atoms with van der Waals surface area (Å²) in [4.78, 5) is 25.6. The molecule has 31 heavy (non-hydrogen) atoms. The van der Waals surface area contributed by atoms with Crippen LogP contribution in [0, 0.1) is 5.92 Å². The Morgan fingerprint density at radius 1 is 1.10 bits per heavy atom. The molecule has 2 aliphatic rings. The lowest BCUT2D eigenvalue weighted by Crippen LogP contribution is -2.50. The molecule has 2 aromatic heterocycles. The fourth-order valence-corrected chi connectivity index (χ4v) is 4.13. The standard InChI is InChI=1S/C23H25N5O3/c29-23(20-6-12-30-16-20)28-10-8-27(9-11-28)15-17-3-1-4-18(13-17)21-25-22(31-26-21)19-5-2-7-24-14-19/h1-5,7,13-14,20H,6,8-12,15-16H2. The number of aromatic nitrogens is 3. The highest BCUT2D eigenvalue weighted by Gasteiger charge is 2.30. The number of rotatable bonds is 5. The van der Waals surface area contributed by atoms with Crippen LogP contribution in [0.5, 0.6) is 0 Å². The van der Waals surface area contributed by atoms with Gasteiger partial charge in [0.2, 0.25) is 11.7 Å². The van der Waals surface area contributed by atoms with Crippen molar-refractivity contribution in [2.75, 3.05) is 39.4 Å². The van der Waals surface area contributed by atoms with Crippen molar-refractivity contribution in [3.05, 3.63) is 54.4 Å². The Hall–Kier alpha value is -3.10. The van der Waals surface area contributed by atoms with Crippen LogP contribution >= 0.6 is 0 Å². The number of hydrogen-bond donors (Lipinski definition) is 0. The molecule has 0 N–H and O–H groups in total. The van der Waals surface area contributed by atoms with Gasteiger partial charge >= 0.3 is 0 Å². The predicted octanol–water partition coefficient (Wildman–Crippen LogP) is 2.48. The average molecular weight is 419 g/mol. The van der Waals surface area contributed by atoms with Crippen LogP contribution in [0.2, 0.25) is 0 Å². The maximum absolute atomic E-state index is 12.6. The van der Waals surface area contributed by atoms with E-state index in [0.717, 1.165) is 50.3 Å². The smallest absolute Gasteiger partial charge is 0.259 e. The van der Waals surface area contributed by atoms with E-state index in [0.29, 0.717) is 24.9 Å². The molecule has 2 aliphatic heterocycles. The molecule has 0 bridgehead atoms. The molecule has 160 valence electrons. The van der Waals surface area contributed by atoms with Gasteiger partial charge < -0.3 is 14.2 Å². The summed E-state index contributed by atoms with van der Waals surface area (Å²) in [5.41, 5.74) is 2.91. The molecule has 1 atom stereocenters. The van der Waals surface area contributed by atoms with Crippen LogP contribution in [0.1, 0.15) is 12.0 Å². The van der Waals surface area contributed by atoms with Crippen LogP contribution in [-0.4, -0.2) is 70.2 Å². The highest BCUT2D eigenvalue weighted by molar-refractivity contribution is 5.79. The third-order valence-electron chi connectivity index (χ3n) is 5.89. The first-order chi connectivity index (χ1) is 15.3. The minimum Gasteiger partial charge on any atom is -0.381 e. The summed E-state index contributed by atoms with van der Waals surface area (Å²) in [5.74, 6) is 1.33.